The molecule has 3 rings (SSSR count). The van der Waals surface area contributed by atoms with Gasteiger partial charge in [-0.3, -0.25) is 0 Å². The van der Waals surface area contributed by atoms with Gasteiger partial charge < -0.3 is 9.84 Å². The van der Waals surface area contributed by atoms with E-state index in [1.54, 1.807) is 26.8 Å². The van der Waals surface area contributed by atoms with Crippen molar-refractivity contribution in [2.45, 2.75) is 26.4 Å². The zero-order chi connectivity index (χ0) is 16.6. The molecule has 1 heterocycles. The van der Waals surface area contributed by atoms with Crippen LogP contribution in [0.2, 0.25) is 0 Å². The third-order valence-electron chi connectivity index (χ3n) is 3.49. The fraction of sp³-hybridized carbons (Fsp3) is 0.211. The van der Waals surface area contributed by atoms with Crippen LogP contribution in [-0.4, -0.2) is 21.4 Å². The highest BCUT2D eigenvalue weighted by Crippen LogP contribution is 2.39. The molecule has 0 amide bonds. The number of nitrogens with zero attached hydrogens (tertiary/aromatic N) is 1. The first-order valence-electron chi connectivity index (χ1n) is 7.49. The Balaban J connectivity index is 2.24. The molecule has 2 aromatic carbocycles. The summed E-state index contributed by atoms with van der Waals surface area (Å²) in [6.07, 6.45) is -0.589. The molecule has 1 N–H and O–H groups in total. The molecule has 0 saturated carbocycles. The van der Waals surface area contributed by atoms with Crippen molar-refractivity contribution in [3.8, 4) is 17.0 Å². The van der Waals surface area contributed by atoms with Crippen molar-refractivity contribution < 1.29 is 14.6 Å². The van der Waals surface area contributed by atoms with Crippen LogP contribution in [0.3, 0.4) is 0 Å². The summed E-state index contributed by atoms with van der Waals surface area (Å²) in [7, 11) is 0. The lowest BCUT2D eigenvalue weighted by atomic mass is 10.0. The monoisotopic (exact) mass is 309 g/mol. The Bertz CT molecular complexity index is 857. The quantitative estimate of drug-likeness (QED) is 0.702. The number of rotatable bonds is 1. The van der Waals surface area contributed by atoms with Crippen LogP contribution in [0.5, 0.6) is 5.88 Å². The van der Waals surface area contributed by atoms with Crippen LogP contribution in [0, 0.1) is 0 Å². The minimum Gasteiger partial charge on any atom is -0.494 e. The average Bonchev–Trinajstić information content (AvgIpc) is 2.78. The standard InChI is InChI=1S/C19H19NO3/c1-19(2,3)23-18(22)20-15-12-8-7-11-14(15)16(17(20)21)13-9-5-4-6-10-13/h4-12,21H,1-3H3. The van der Waals surface area contributed by atoms with Gasteiger partial charge in [0.15, 0.2) is 0 Å². The van der Waals surface area contributed by atoms with Gasteiger partial charge in [-0.2, -0.15) is 0 Å². The molecule has 23 heavy (non-hydrogen) atoms. The van der Waals surface area contributed by atoms with Gasteiger partial charge in [-0.1, -0.05) is 48.5 Å². The summed E-state index contributed by atoms with van der Waals surface area (Å²) in [4.78, 5) is 12.5. The number of aromatic hydroxyl groups is 1. The lowest BCUT2D eigenvalue weighted by Gasteiger charge is -2.20. The van der Waals surface area contributed by atoms with E-state index in [1.165, 1.54) is 4.57 Å². The number of carbonyl (C=O) groups excluding carboxylic acids is 1. The molecule has 0 radical (unpaired) electrons. The zero-order valence-corrected chi connectivity index (χ0v) is 13.4. The van der Waals surface area contributed by atoms with E-state index in [2.05, 4.69) is 0 Å². The molecule has 0 bridgehead atoms. The fourth-order valence-corrected chi connectivity index (χ4v) is 2.61. The van der Waals surface area contributed by atoms with Crippen LogP contribution in [0.25, 0.3) is 22.0 Å². The molecule has 1 aromatic heterocycles. The molecule has 0 atom stereocenters. The van der Waals surface area contributed by atoms with Crippen LogP contribution < -0.4 is 0 Å². The van der Waals surface area contributed by atoms with Gasteiger partial charge in [-0.25, -0.2) is 9.36 Å². The molecule has 0 aliphatic heterocycles. The van der Waals surface area contributed by atoms with E-state index in [0.29, 0.717) is 11.1 Å². The Morgan fingerprint density at radius 1 is 1.00 bits per heavy atom. The highest BCUT2D eigenvalue weighted by atomic mass is 16.6. The molecular formula is C19H19NO3. The van der Waals surface area contributed by atoms with E-state index >= 15 is 0 Å². The maximum absolute atomic E-state index is 12.5. The van der Waals surface area contributed by atoms with Crippen molar-refractivity contribution in [2.75, 3.05) is 0 Å². The Hall–Kier alpha value is -2.75. The first-order valence-corrected chi connectivity index (χ1v) is 7.49. The minimum atomic E-state index is -0.637. The zero-order valence-electron chi connectivity index (χ0n) is 13.4. The summed E-state index contributed by atoms with van der Waals surface area (Å²) in [6.45, 7) is 5.39. The summed E-state index contributed by atoms with van der Waals surface area (Å²) < 4.78 is 6.65. The van der Waals surface area contributed by atoms with Gasteiger partial charge in [0.1, 0.15) is 5.60 Å². The summed E-state index contributed by atoms with van der Waals surface area (Å²) in [6, 6.07) is 16.9. The molecule has 0 saturated heterocycles. The summed E-state index contributed by atoms with van der Waals surface area (Å²) >= 11 is 0. The predicted molar refractivity (Wildman–Crippen MR) is 90.7 cm³/mol. The molecule has 3 aromatic rings. The van der Waals surface area contributed by atoms with E-state index < -0.39 is 11.7 Å². The van der Waals surface area contributed by atoms with Crippen molar-refractivity contribution in [1.82, 2.24) is 4.57 Å². The molecule has 118 valence electrons. The normalized spacial score (nSPS) is 11.6. The maximum atomic E-state index is 12.5. The van der Waals surface area contributed by atoms with Crippen LogP contribution >= 0.6 is 0 Å². The summed E-state index contributed by atoms with van der Waals surface area (Å²) in [5, 5.41) is 11.5. The molecule has 0 aliphatic rings. The SMILES string of the molecule is CC(C)(C)OC(=O)n1c(O)c(-c2ccccc2)c2ccccc21. The van der Waals surface area contributed by atoms with Crippen LogP contribution in [0.1, 0.15) is 20.8 Å². The summed E-state index contributed by atoms with van der Waals surface area (Å²) in [5.74, 6) is -0.105. The first kappa shape index (κ1) is 15.2. The van der Waals surface area contributed by atoms with Gasteiger partial charge in [0.05, 0.1) is 11.1 Å². The van der Waals surface area contributed by atoms with Gasteiger partial charge in [0.2, 0.25) is 5.88 Å². The number of hydrogen-bond acceptors (Lipinski definition) is 3. The van der Waals surface area contributed by atoms with Crippen LogP contribution in [0.4, 0.5) is 4.79 Å². The second kappa shape index (κ2) is 5.47. The molecule has 0 fully saturated rings. The molecule has 4 heteroatoms. The number of ether oxygens (including phenoxy) is 1. The van der Waals surface area contributed by atoms with Crippen molar-refractivity contribution in [2.24, 2.45) is 0 Å². The smallest absolute Gasteiger partial charge is 0.421 e. The predicted octanol–water partition coefficient (Wildman–Crippen LogP) is 4.80. The van der Waals surface area contributed by atoms with Crippen molar-refractivity contribution in [1.29, 1.82) is 0 Å². The van der Waals surface area contributed by atoms with E-state index in [-0.39, 0.29) is 5.88 Å². The Morgan fingerprint density at radius 2 is 1.61 bits per heavy atom. The topological polar surface area (TPSA) is 51.5 Å². The van der Waals surface area contributed by atoms with Crippen molar-refractivity contribution in [3.63, 3.8) is 0 Å². The highest BCUT2D eigenvalue weighted by molar-refractivity contribution is 6.04. The second-order valence-corrected chi connectivity index (χ2v) is 6.40. The van der Waals surface area contributed by atoms with Gasteiger partial charge in [0.25, 0.3) is 0 Å². The van der Waals surface area contributed by atoms with Gasteiger partial charge >= 0.3 is 6.09 Å². The Labute approximate surface area is 134 Å². The lowest BCUT2D eigenvalue weighted by molar-refractivity contribution is 0.0533. The minimum absolute atomic E-state index is 0.105. The molecular weight excluding hydrogens is 290 g/mol. The highest BCUT2D eigenvalue weighted by Gasteiger charge is 2.25. The van der Waals surface area contributed by atoms with Gasteiger partial charge in [0, 0.05) is 5.39 Å². The number of benzene rings is 2. The largest absolute Gasteiger partial charge is 0.494 e. The lowest BCUT2D eigenvalue weighted by Crippen LogP contribution is -2.26. The maximum Gasteiger partial charge on any atom is 0.421 e. The van der Waals surface area contributed by atoms with E-state index in [1.807, 2.05) is 48.5 Å². The molecule has 4 nitrogen and oxygen atoms in total. The van der Waals surface area contributed by atoms with Crippen LogP contribution in [0.15, 0.2) is 54.6 Å². The molecule has 0 unspecified atom stereocenters. The molecule has 0 spiro atoms. The number of para-hydroxylation sites is 1. The number of hydrogen-bond donors (Lipinski definition) is 1. The van der Waals surface area contributed by atoms with E-state index in [4.69, 9.17) is 4.74 Å². The average molecular weight is 309 g/mol. The van der Waals surface area contributed by atoms with Crippen LogP contribution in [-0.2, 0) is 4.74 Å². The number of carbonyl (C=O) groups is 1. The first-order chi connectivity index (χ1) is 10.9. The second-order valence-electron chi connectivity index (χ2n) is 6.40. The fourth-order valence-electron chi connectivity index (χ4n) is 2.61. The molecule has 0 aliphatic carbocycles. The van der Waals surface area contributed by atoms with Crippen molar-refractivity contribution in [3.05, 3.63) is 54.6 Å². The van der Waals surface area contributed by atoms with Gasteiger partial charge in [-0.15, -0.1) is 0 Å². The Morgan fingerprint density at radius 3 is 2.26 bits per heavy atom. The number of aromatic nitrogens is 1. The van der Waals surface area contributed by atoms with Crippen molar-refractivity contribution >= 4 is 17.0 Å². The third-order valence-corrected chi connectivity index (χ3v) is 3.49. The summed E-state index contributed by atoms with van der Waals surface area (Å²) in [5.41, 5.74) is 1.47. The van der Waals surface area contributed by atoms with E-state index in [9.17, 15) is 9.90 Å². The van der Waals surface area contributed by atoms with Gasteiger partial charge in [-0.05, 0) is 32.4 Å². The number of fused-ring (bicyclic) bond motifs is 1. The Kier molecular flexibility index (Phi) is 3.60. The third kappa shape index (κ3) is 2.80. The van der Waals surface area contributed by atoms with E-state index in [0.717, 1.165) is 10.9 Å².